The van der Waals surface area contributed by atoms with E-state index < -0.39 is 34.2 Å². The molecule has 0 aromatic carbocycles. The van der Waals surface area contributed by atoms with E-state index in [1.165, 1.54) is 0 Å². The third-order valence-electron chi connectivity index (χ3n) is 1.52. The average Bonchev–Trinajstić information content (AvgIpc) is 2.01. The average molecular weight is 223 g/mol. The molecule has 1 heterocycles. The van der Waals surface area contributed by atoms with Gasteiger partial charge in [0.1, 0.15) is 5.15 Å². The summed E-state index contributed by atoms with van der Waals surface area (Å²) in [6.07, 6.45) is -2.97. The number of H-pyrrole nitrogens is 1. The highest BCUT2D eigenvalue weighted by atomic mass is 35.5. The lowest BCUT2D eigenvalue weighted by Crippen LogP contribution is -2.19. The number of pyridine rings is 1. The minimum atomic E-state index is -2.97. The van der Waals surface area contributed by atoms with Crippen molar-refractivity contribution in [1.29, 1.82) is 0 Å². The monoisotopic (exact) mass is 222 g/mol. The number of hydrogen-bond donors (Lipinski definition) is 2. The highest BCUT2D eigenvalue weighted by Crippen LogP contribution is 2.27. The first-order chi connectivity index (χ1) is 6.43. The van der Waals surface area contributed by atoms with Gasteiger partial charge in [0.25, 0.3) is 6.43 Å². The number of aromatic amines is 1. The smallest absolute Gasteiger partial charge is 0.267 e. The van der Waals surface area contributed by atoms with Crippen molar-refractivity contribution < 1.29 is 13.6 Å². The lowest BCUT2D eigenvalue weighted by atomic mass is 10.1. The van der Waals surface area contributed by atoms with Crippen molar-refractivity contribution in [2.45, 2.75) is 6.43 Å². The van der Waals surface area contributed by atoms with Gasteiger partial charge in [0.2, 0.25) is 11.5 Å². The molecule has 14 heavy (non-hydrogen) atoms. The predicted octanol–water partition coefficient (Wildman–Crippen LogP) is 1.06. The van der Waals surface area contributed by atoms with Crippen LogP contribution < -0.4 is 11.3 Å². The van der Waals surface area contributed by atoms with Gasteiger partial charge in [0.05, 0.1) is 11.1 Å². The minimum Gasteiger partial charge on any atom is -0.366 e. The van der Waals surface area contributed by atoms with E-state index in [0.29, 0.717) is 6.07 Å². The Labute approximate surface area is 81.7 Å². The molecule has 0 saturated carbocycles. The Morgan fingerprint density at radius 3 is 2.57 bits per heavy atom. The highest BCUT2D eigenvalue weighted by Gasteiger charge is 2.21. The minimum absolute atomic E-state index is 0.561. The van der Waals surface area contributed by atoms with Gasteiger partial charge in [-0.15, -0.1) is 0 Å². The molecule has 1 amide bonds. The zero-order valence-electron chi connectivity index (χ0n) is 6.68. The van der Waals surface area contributed by atoms with Crippen molar-refractivity contribution in [3.05, 3.63) is 32.7 Å². The lowest BCUT2D eigenvalue weighted by molar-refractivity contribution is 0.0985. The third-order valence-corrected chi connectivity index (χ3v) is 1.82. The van der Waals surface area contributed by atoms with Crippen LogP contribution >= 0.6 is 11.6 Å². The Morgan fingerprint density at radius 2 is 2.14 bits per heavy atom. The molecule has 7 heteroatoms. The van der Waals surface area contributed by atoms with Crippen LogP contribution in [-0.4, -0.2) is 10.9 Å². The van der Waals surface area contributed by atoms with Crippen LogP contribution in [0.3, 0.4) is 0 Å². The van der Waals surface area contributed by atoms with Crippen molar-refractivity contribution >= 4 is 17.5 Å². The maximum Gasteiger partial charge on any atom is 0.267 e. The van der Waals surface area contributed by atoms with Gasteiger partial charge in [-0.1, -0.05) is 11.6 Å². The molecule has 0 saturated heterocycles. The van der Waals surface area contributed by atoms with Crippen molar-refractivity contribution in [1.82, 2.24) is 4.98 Å². The van der Waals surface area contributed by atoms with Gasteiger partial charge in [-0.3, -0.25) is 9.59 Å². The van der Waals surface area contributed by atoms with E-state index in [2.05, 4.69) is 0 Å². The van der Waals surface area contributed by atoms with E-state index in [4.69, 9.17) is 17.3 Å². The Bertz CT molecular complexity index is 430. The van der Waals surface area contributed by atoms with Gasteiger partial charge in [-0.25, -0.2) is 8.78 Å². The molecule has 0 bridgehead atoms. The maximum absolute atomic E-state index is 12.4. The Hall–Kier alpha value is -1.43. The van der Waals surface area contributed by atoms with Gasteiger partial charge in [0.15, 0.2) is 0 Å². The second-order valence-electron chi connectivity index (χ2n) is 2.44. The molecule has 0 aliphatic rings. The zero-order valence-corrected chi connectivity index (χ0v) is 7.44. The molecule has 1 rings (SSSR count). The molecule has 1 aromatic heterocycles. The van der Waals surface area contributed by atoms with Crippen LogP contribution in [0.4, 0.5) is 8.78 Å². The largest absolute Gasteiger partial charge is 0.366 e. The van der Waals surface area contributed by atoms with E-state index in [0.717, 1.165) is 0 Å². The SMILES string of the molecule is NC(=O)c1cc(=O)[nH]c(Cl)c1C(F)F. The summed E-state index contributed by atoms with van der Waals surface area (Å²) in [5.41, 5.74) is 2.74. The molecular formula is C7H5ClF2N2O2. The van der Waals surface area contributed by atoms with Crippen LogP contribution in [0.15, 0.2) is 10.9 Å². The molecule has 0 fully saturated rings. The molecule has 0 spiro atoms. The number of aromatic nitrogens is 1. The second-order valence-corrected chi connectivity index (χ2v) is 2.82. The van der Waals surface area contributed by atoms with E-state index in [1.54, 1.807) is 0 Å². The topological polar surface area (TPSA) is 76.0 Å². The molecule has 0 aliphatic carbocycles. The van der Waals surface area contributed by atoms with E-state index in [9.17, 15) is 18.4 Å². The van der Waals surface area contributed by atoms with Crippen LogP contribution in [0.2, 0.25) is 5.15 Å². The number of primary amides is 1. The summed E-state index contributed by atoms with van der Waals surface area (Å²) in [7, 11) is 0. The first kappa shape index (κ1) is 10.6. The van der Waals surface area contributed by atoms with Gasteiger partial charge in [0, 0.05) is 6.07 Å². The highest BCUT2D eigenvalue weighted by molar-refractivity contribution is 6.30. The fourth-order valence-corrected chi connectivity index (χ4v) is 1.23. The standard InChI is InChI=1S/C7H5ClF2N2O2/c8-5-4(6(9)10)2(7(11)14)1-3(13)12-5/h1,6H,(H2,11,14)(H,12,13). The fourth-order valence-electron chi connectivity index (χ4n) is 0.956. The summed E-state index contributed by atoms with van der Waals surface area (Å²) in [5, 5.41) is -0.568. The number of amides is 1. The Morgan fingerprint density at radius 1 is 1.57 bits per heavy atom. The predicted molar refractivity (Wildman–Crippen MR) is 45.5 cm³/mol. The molecular weight excluding hydrogens is 218 g/mol. The quantitative estimate of drug-likeness (QED) is 0.735. The Balaban J connectivity index is 3.52. The maximum atomic E-state index is 12.4. The molecule has 0 unspecified atom stereocenters. The van der Waals surface area contributed by atoms with Gasteiger partial charge in [-0.2, -0.15) is 0 Å². The normalized spacial score (nSPS) is 10.6. The number of nitrogens with two attached hydrogens (primary N) is 1. The zero-order chi connectivity index (χ0) is 10.9. The summed E-state index contributed by atoms with van der Waals surface area (Å²) in [4.78, 5) is 23.4. The van der Waals surface area contributed by atoms with Crippen molar-refractivity contribution in [3.63, 3.8) is 0 Å². The number of nitrogens with one attached hydrogen (secondary N) is 1. The molecule has 76 valence electrons. The molecule has 3 N–H and O–H groups in total. The summed E-state index contributed by atoms with van der Waals surface area (Å²) < 4.78 is 24.7. The van der Waals surface area contributed by atoms with Crippen molar-refractivity contribution in [2.24, 2.45) is 5.73 Å². The summed E-state index contributed by atoms with van der Waals surface area (Å²) in [5.74, 6) is -1.12. The van der Waals surface area contributed by atoms with E-state index in [-0.39, 0.29) is 0 Å². The number of alkyl halides is 2. The molecule has 0 radical (unpaired) electrons. The summed E-state index contributed by atoms with van der Waals surface area (Å²) in [6.45, 7) is 0. The number of carbonyl (C=O) groups excluding carboxylic acids is 1. The van der Waals surface area contributed by atoms with Crippen LogP contribution in [0.1, 0.15) is 22.3 Å². The van der Waals surface area contributed by atoms with Crippen LogP contribution in [0.25, 0.3) is 0 Å². The summed E-state index contributed by atoms with van der Waals surface area (Å²) >= 11 is 5.33. The van der Waals surface area contributed by atoms with Gasteiger partial charge >= 0.3 is 0 Å². The van der Waals surface area contributed by atoms with Gasteiger partial charge < -0.3 is 10.7 Å². The number of rotatable bonds is 2. The van der Waals surface area contributed by atoms with Gasteiger partial charge in [-0.05, 0) is 0 Å². The molecule has 1 aromatic rings. The number of carbonyl (C=O) groups is 1. The van der Waals surface area contributed by atoms with E-state index >= 15 is 0 Å². The first-order valence-corrected chi connectivity index (χ1v) is 3.82. The third kappa shape index (κ3) is 1.90. The lowest BCUT2D eigenvalue weighted by Gasteiger charge is -2.06. The Kier molecular flexibility index (Phi) is 2.85. The number of halogens is 3. The van der Waals surface area contributed by atoms with E-state index in [1.807, 2.05) is 4.98 Å². The molecule has 0 aliphatic heterocycles. The van der Waals surface area contributed by atoms with Crippen LogP contribution in [0, 0.1) is 0 Å². The fraction of sp³-hybridized carbons (Fsp3) is 0.143. The molecule has 0 atom stereocenters. The first-order valence-electron chi connectivity index (χ1n) is 3.44. The van der Waals surface area contributed by atoms with Crippen molar-refractivity contribution in [2.75, 3.05) is 0 Å². The van der Waals surface area contributed by atoms with Crippen molar-refractivity contribution in [3.8, 4) is 0 Å². The van der Waals surface area contributed by atoms with Crippen LogP contribution in [-0.2, 0) is 0 Å². The van der Waals surface area contributed by atoms with Crippen LogP contribution in [0.5, 0.6) is 0 Å². The molecule has 4 nitrogen and oxygen atoms in total. The second kappa shape index (κ2) is 3.75. The number of hydrogen-bond acceptors (Lipinski definition) is 2. The summed E-state index contributed by atoms with van der Waals surface area (Å²) in [6, 6.07) is 0.690.